The number of unbranched alkanes of at least 4 members (excludes halogenated alkanes) is 1. The SMILES string of the molecule is CC(C)(C)OC=O.Cc1nc(CCCCC2CCNCC2)ncc1OCc1ccccc1.Cl. The second kappa shape index (κ2) is 15.6. The Morgan fingerprint density at radius 1 is 1.12 bits per heavy atom. The molecule has 184 valence electrons. The van der Waals surface area contributed by atoms with Gasteiger partial charge in [-0.2, -0.15) is 0 Å². The van der Waals surface area contributed by atoms with Crippen LogP contribution in [0.15, 0.2) is 36.5 Å². The van der Waals surface area contributed by atoms with Crippen LogP contribution >= 0.6 is 12.4 Å². The van der Waals surface area contributed by atoms with Gasteiger partial charge in [0, 0.05) is 6.42 Å². The summed E-state index contributed by atoms with van der Waals surface area (Å²) in [6.07, 6.45) is 9.26. The minimum absolute atomic E-state index is 0. The van der Waals surface area contributed by atoms with Gasteiger partial charge in [0.25, 0.3) is 6.47 Å². The molecule has 6 nitrogen and oxygen atoms in total. The first-order chi connectivity index (χ1) is 15.4. The fourth-order valence-electron chi connectivity index (χ4n) is 3.53. The predicted octanol–water partition coefficient (Wildman–Crippen LogP) is 5.46. The number of nitrogens with one attached hydrogen (secondary N) is 1. The molecule has 7 heteroatoms. The molecule has 0 amide bonds. The molecule has 0 saturated carbocycles. The first-order valence-corrected chi connectivity index (χ1v) is 11.7. The Bertz CT molecular complexity index is 791. The maximum absolute atomic E-state index is 9.60. The van der Waals surface area contributed by atoms with Gasteiger partial charge in [-0.15, -0.1) is 12.4 Å². The van der Waals surface area contributed by atoms with Crippen LogP contribution in [0.2, 0.25) is 0 Å². The molecular formula is C26H40ClN3O3. The van der Waals surface area contributed by atoms with E-state index < -0.39 is 0 Å². The van der Waals surface area contributed by atoms with E-state index in [4.69, 9.17) is 4.74 Å². The summed E-state index contributed by atoms with van der Waals surface area (Å²) in [5, 5.41) is 3.43. The second-order valence-electron chi connectivity index (χ2n) is 9.28. The number of halogens is 1. The van der Waals surface area contributed by atoms with Gasteiger partial charge in [0.1, 0.15) is 18.0 Å². The monoisotopic (exact) mass is 477 g/mol. The molecule has 0 spiro atoms. The molecule has 33 heavy (non-hydrogen) atoms. The molecule has 1 fully saturated rings. The van der Waals surface area contributed by atoms with E-state index in [-0.39, 0.29) is 18.0 Å². The molecule has 1 aliphatic rings. The molecule has 3 rings (SSSR count). The summed E-state index contributed by atoms with van der Waals surface area (Å²) in [7, 11) is 0. The van der Waals surface area contributed by atoms with E-state index in [0.29, 0.717) is 13.1 Å². The number of piperidine rings is 1. The van der Waals surface area contributed by atoms with Crippen LogP contribution in [0.1, 0.15) is 70.0 Å². The van der Waals surface area contributed by atoms with Crippen LogP contribution in [-0.2, 0) is 22.6 Å². The summed E-state index contributed by atoms with van der Waals surface area (Å²) in [6, 6.07) is 10.2. The zero-order valence-electron chi connectivity index (χ0n) is 20.5. The first kappa shape index (κ1) is 28.9. The maximum atomic E-state index is 9.60. The lowest BCUT2D eigenvalue weighted by atomic mass is 9.92. The Balaban J connectivity index is 0.000000595. The number of hydrogen-bond donors (Lipinski definition) is 1. The van der Waals surface area contributed by atoms with Gasteiger partial charge >= 0.3 is 0 Å². The van der Waals surface area contributed by atoms with Crippen LogP contribution in [0.25, 0.3) is 0 Å². The highest BCUT2D eigenvalue weighted by Gasteiger charge is 2.12. The van der Waals surface area contributed by atoms with E-state index in [1.807, 2.05) is 52.1 Å². The van der Waals surface area contributed by atoms with Crippen LogP contribution < -0.4 is 10.1 Å². The normalized spacial score (nSPS) is 13.8. The fourth-order valence-corrected chi connectivity index (χ4v) is 3.53. The first-order valence-electron chi connectivity index (χ1n) is 11.7. The standard InChI is InChI=1S/C21H29N3O.C5H10O2.ClH/c1-17-20(25-16-19-8-3-2-4-9-19)15-23-21(24-17)10-6-5-7-18-11-13-22-14-12-18;1-5(2,3)7-4-6;/h2-4,8-9,15,18,22H,5-7,10-14,16H2,1H3;4H,1-3H3;1H. The minimum atomic E-state index is -0.318. The number of nitrogens with zero attached hydrogens (tertiary/aromatic N) is 2. The van der Waals surface area contributed by atoms with Crippen molar-refractivity contribution in [3.05, 3.63) is 53.6 Å². The Morgan fingerprint density at radius 2 is 1.82 bits per heavy atom. The Labute approximate surface area is 205 Å². The molecule has 0 bridgehead atoms. The van der Waals surface area contributed by atoms with E-state index in [1.54, 1.807) is 0 Å². The van der Waals surface area contributed by atoms with Crippen molar-refractivity contribution in [3.8, 4) is 5.75 Å². The fraction of sp³-hybridized carbons (Fsp3) is 0.577. The average molecular weight is 478 g/mol. The average Bonchev–Trinajstić information content (AvgIpc) is 2.77. The van der Waals surface area contributed by atoms with Crippen molar-refractivity contribution in [2.45, 2.75) is 78.4 Å². The molecule has 1 aromatic carbocycles. The zero-order valence-corrected chi connectivity index (χ0v) is 21.3. The van der Waals surface area contributed by atoms with Gasteiger partial charge in [-0.3, -0.25) is 4.79 Å². The smallest absolute Gasteiger partial charge is 0.293 e. The van der Waals surface area contributed by atoms with Gasteiger partial charge in [0.05, 0.1) is 11.9 Å². The molecule has 1 aliphatic heterocycles. The molecule has 2 heterocycles. The lowest BCUT2D eigenvalue weighted by Crippen LogP contribution is -2.27. The van der Waals surface area contributed by atoms with Crippen molar-refractivity contribution >= 4 is 18.9 Å². The minimum Gasteiger partial charge on any atom is -0.485 e. The number of ether oxygens (including phenoxy) is 2. The summed E-state index contributed by atoms with van der Waals surface area (Å²) in [5.41, 5.74) is 1.77. The summed E-state index contributed by atoms with van der Waals surface area (Å²) in [6.45, 7) is 10.9. The van der Waals surface area contributed by atoms with Crippen molar-refractivity contribution in [1.29, 1.82) is 0 Å². The third-order valence-electron chi connectivity index (χ3n) is 5.34. The lowest BCUT2D eigenvalue weighted by Gasteiger charge is -2.22. The van der Waals surface area contributed by atoms with Crippen LogP contribution in [0.5, 0.6) is 5.75 Å². The highest BCUT2D eigenvalue weighted by Crippen LogP contribution is 2.20. The number of carbonyl (C=O) groups is 1. The van der Waals surface area contributed by atoms with Crippen LogP contribution in [-0.4, -0.2) is 35.1 Å². The summed E-state index contributed by atoms with van der Waals surface area (Å²) in [5.74, 6) is 2.63. The largest absolute Gasteiger partial charge is 0.485 e. The van der Waals surface area contributed by atoms with Gasteiger partial charge in [-0.05, 0) is 71.5 Å². The molecule has 2 aromatic rings. The molecule has 1 aromatic heterocycles. The zero-order chi connectivity index (χ0) is 23.2. The van der Waals surface area contributed by atoms with Gasteiger partial charge in [-0.25, -0.2) is 9.97 Å². The molecule has 1 N–H and O–H groups in total. The molecular weight excluding hydrogens is 438 g/mol. The van der Waals surface area contributed by atoms with E-state index in [0.717, 1.165) is 35.2 Å². The Kier molecular flexibility index (Phi) is 13.7. The van der Waals surface area contributed by atoms with Crippen LogP contribution in [0, 0.1) is 12.8 Å². The quantitative estimate of drug-likeness (QED) is 0.382. The molecule has 0 aliphatic carbocycles. The molecule has 0 radical (unpaired) electrons. The van der Waals surface area contributed by atoms with Crippen LogP contribution in [0.3, 0.4) is 0 Å². The van der Waals surface area contributed by atoms with Crippen molar-refractivity contribution in [3.63, 3.8) is 0 Å². The summed E-state index contributed by atoms with van der Waals surface area (Å²) >= 11 is 0. The van der Waals surface area contributed by atoms with E-state index in [2.05, 4.69) is 32.2 Å². The number of carbonyl (C=O) groups excluding carboxylic acids is 1. The van der Waals surface area contributed by atoms with Crippen molar-refractivity contribution in [2.24, 2.45) is 5.92 Å². The molecule has 0 unspecified atom stereocenters. The highest BCUT2D eigenvalue weighted by atomic mass is 35.5. The van der Waals surface area contributed by atoms with Gasteiger partial charge in [-0.1, -0.05) is 43.2 Å². The van der Waals surface area contributed by atoms with Crippen molar-refractivity contribution in [2.75, 3.05) is 13.1 Å². The van der Waals surface area contributed by atoms with Crippen molar-refractivity contribution in [1.82, 2.24) is 15.3 Å². The number of aryl methyl sites for hydroxylation is 2. The van der Waals surface area contributed by atoms with E-state index in [1.165, 1.54) is 45.2 Å². The lowest BCUT2D eigenvalue weighted by molar-refractivity contribution is -0.138. The number of aromatic nitrogens is 2. The van der Waals surface area contributed by atoms with Gasteiger partial charge in [0.15, 0.2) is 5.75 Å². The maximum Gasteiger partial charge on any atom is 0.293 e. The van der Waals surface area contributed by atoms with Gasteiger partial charge < -0.3 is 14.8 Å². The Hall–Kier alpha value is -2.18. The Morgan fingerprint density at radius 3 is 2.39 bits per heavy atom. The third kappa shape index (κ3) is 12.6. The number of benzene rings is 1. The highest BCUT2D eigenvalue weighted by molar-refractivity contribution is 5.85. The van der Waals surface area contributed by atoms with Crippen LogP contribution in [0.4, 0.5) is 0 Å². The second-order valence-corrected chi connectivity index (χ2v) is 9.28. The third-order valence-corrected chi connectivity index (χ3v) is 5.34. The van der Waals surface area contributed by atoms with E-state index >= 15 is 0 Å². The predicted molar refractivity (Wildman–Crippen MR) is 135 cm³/mol. The molecule has 0 atom stereocenters. The summed E-state index contributed by atoms with van der Waals surface area (Å²) < 4.78 is 10.4. The molecule has 1 saturated heterocycles. The number of rotatable bonds is 9. The topological polar surface area (TPSA) is 73.3 Å². The van der Waals surface area contributed by atoms with Gasteiger partial charge in [0.2, 0.25) is 0 Å². The van der Waals surface area contributed by atoms with Crippen molar-refractivity contribution < 1.29 is 14.3 Å². The number of hydrogen-bond acceptors (Lipinski definition) is 6. The van der Waals surface area contributed by atoms with E-state index in [9.17, 15) is 4.79 Å². The summed E-state index contributed by atoms with van der Waals surface area (Å²) in [4.78, 5) is 18.7.